The monoisotopic (exact) mass is 315 g/mol. The molecule has 0 saturated carbocycles. The number of nitrogens with zero attached hydrogens (tertiary/aromatic N) is 6. The van der Waals surface area contributed by atoms with Crippen LogP contribution in [0.15, 0.2) is 12.3 Å². The summed E-state index contributed by atoms with van der Waals surface area (Å²) < 4.78 is 1.60. The van der Waals surface area contributed by atoms with Gasteiger partial charge in [0, 0.05) is 25.8 Å². The molecule has 8 heteroatoms. The lowest BCUT2D eigenvalue weighted by atomic mass is 10.3. The predicted octanol–water partition coefficient (Wildman–Crippen LogP) is 0.373. The fourth-order valence-corrected chi connectivity index (χ4v) is 2.65. The third-order valence-corrected chi connectivity index (χ3v) is 3.90. The normalized spacial score (nSPS) is 14.3. The highest BCUT2D eigenvalue weighted by Crippen LogP contribution is 2.16. The summed E-state index contributed by atoms with van der Waals surface area (Å²) in [5.74, 6) is 0.692. The van der Waals surface area contributed by atoms with Crippen LogP contribution in [0.3, 0.4) is 0 Å². The van der Waals surface area contributed by atoms with E-state index in [0.29, 0.717) is 6.54 Å². The Hall–Kier alpha value is -2.51. The highest BCUT2D eigenvalue weighted by atomic mass is 16.1. The fraction of sp³-hybridized carbons (Fsp3) is 0.533. The van der Waals surface area contributed by atoms with Crippen molar-refractivity contribution in [1.29, 1.82) is 0 Å². The first-order chi connectivity index (χ1) is 11.1. The van der Waals surface area contributed by atoms with Crippen LogP contribution in [0.25, 0.3) is 0 Å². The summed E-state index contributed by atoms with van der Waals surface area (Å²) in [6.45, 7) is 4.35. The molecule has 2 aromatic heterocycles. The largest absolute Gasteiger partial charge is 0.350 e. The molecule has 0 bridgehead atoms. The molecule has 0 atom stereocenters. The maximum atomic E-state index is 12.0. The maximum absolute atomic E-state index is 12.0. The van der Waals surface area contributed by atoms with Crippen LogP contribution in [0.1, 0.15) is 29.9 Å². The molecule has 8 nitrogen and oxygen atoms in total. The Morgan fingerprint density at radius 1 is 1.30 bits per heavy atom. The molecule has 1 fully saturated rings. The Morgan fingerprint density at radius 2 is 2.09 bits per heavy atom. The zero-order valence-electron chi connectivity index (χ0n) is 13.5. The van der Waals surface area contributed by atoms with E-state index in [9.17, 15) is 4.79 Å². The molecule has 0 aliphatic carbocycles. The summed E-state index contributed by atoms with van der Waals surface area (Å²) in [7, 11) is 1.77. The summed E-state index contributed by atoms with van der Waals surface area (Å²) in [6, 6.07) is 1.91. The van der Waals surface area contributed by atoms with E-state index in [2.05, 4.69) is 30.5 Å². The molecule has 1 amide bonds. The second kappa shape index (κ2) is 6.72. The van der Waals surface area contributed by atoms with Crippen molar-refractivity contribution in [2.24, 2.45) is 7.05 Å². The van der Waals surface area contributed by atoms with Crippen LogP contribution >= 0.6 is 0 Å². The minimum atomic E-state index is -0.0746. The van der Waals surface area contributed by atoms with Crippen LogP contribution in [-0.4, -0.2) is 44.0 Å². The second-order valence-electron chi connectivity index (χ2n) is 5.80. The third-order valence-electron chi connectivity index (χ3n) is 3.90. The van der Waals surface area contributed by atoms with Crippen LogP contribution in [0, 0.1) is 6.92 Å². The van der Waals surface area contributed by atoms with Crippen LogP contribution in [0.2, 0.25) is 0 Å². The lowest BCUT2D eigenvalue weighted by Gasteiger charge is -2.16. The van der Waals surface area contributed by atoms with Gasteiger partial charge in [-0.25, -0.2) is 9.97 Å². The standard InChI is InChI=1S/C15H21N7O/c1-11-7-12(19-15(18-11)22-5-3-4-6-22)9-16-14(23)8-13-10-17-20-21(13)2/h7,10H,3-6,8-9H2,1-2H3,(H,16,23). The summed E-state index contributed by atoms with van der Waals surface area (Å²) in [4.78, 5) is 23.3. The predicted molar refractivity (Wildman–Crippen MR) is 84.8 cm³/mol. The van der Waals surface area contributed by atoms with Gasteiger partial charge in [0.25, 0.3) is 0 Å². The van der Waals surface area contributed by atoms with E-state index >= 15 is 0 Å². The first-order valence-electron chi connectivity index (χ1n) is 7.81. The van der Waals surface area contributed by atoms with Gasteiger partial charge in [-0.1, -0.05) is 5.21 Å². The number of anilines is 1. The van der Waals surface area contributed by atoms with E-state index < -0.39 is 0 Å². The molecule has 1 saturated heterocycles. The Kier molecular flexibility index (Phi) is 4.50. The molecule has 1 N–H and O–H groups in total. The fourth-order valence-electron chi connectivity index (χ4n) is 2.65. The summed E-state index contributed by atoms with van der Waals surface area (Å²) in [5.41, 5.74) is 2.52. The van der Waals surface area contributed by atoms with Crippen molar-refractivity contribution in [1.82, 2.24) is 30.3 Å². The number of rotatable bonds is 5. The number of amides is 1. The van der Waals surface area contributed by atoms with Gasteiger partial charge in [-0.2, -0.15) is 0 Å². The van der Waals surface area contributed by atoms with Crippen molar-refractivity contribution in [3.8, 4) is 0 Å². The first kappa shape index (κ1) is 15.4. The minimum absolute atomic E-state index is 0.0746. The van der Waals surface area contributed by atoms with Gasteiger partial charge >= 0.3 is 0 Å². The maximum Gasteiger partial charge on any atom is 0.226 e. The van der Waals surface area contributed by atoms with Crippen molar-refractivity contribution in [3.05, 3.63) is 29.3 Å². The molecule has 3 rings (SSSR count). The molecule has 0 aromatic carbocycles. The Morgan fingerprint density at radius 3 is 2.78 bits per heavy atom. The summed E-state index contributed by atoms with van der Waals surface area (Å²) in [5, 5.41) is 10.5. The van der Waals surface area contributed by atoms with E-state index in [4.69, 9.17) is 0 Å². The third kappa shape index (κ3) is 3.82. The molecular formula is C15H21N7O. The molecule has 2 aromatic rings. The molecule has 1 aliphatic rings. The van der Waals surface area contributed by atoms with E-state index in [1.165, 1.54) is 12.8 Å². The number of carbonyl (C=O) groups is 1. The number of aromatic nitrogens is 5. The van der Waals surface area contributed by atoms with Gasteiger partial charge in [0.15, 0.2) is 0 Å². The highest BCUT2D eigenvalue weighted by molar-refractivity contribution is 5.77. The van der Waals surface area contributed by atoms with Gasteiger partial charge in [0.2, 0.25) is 11.9 Å². The summed E-state index contributed by atoms with van der Waals surface area (Å²) in [6.07, 6.45) is 4.22. The second-order valence-corrected chi connectivity index (χ2v) is 5.80. The van der Waals surface area contributed by atoms with Crippen molar-refractivity contribution in [2.75, 3.05) is 18.0 Å². The van der Waals surface area contributed by atoms with Gasteiger partial charge in [-0.05, 0) is 25.8 Å². The number of hydrogen-bond donors (Lipinski definition) is 1. The van der Waals surface area contributed by atoms with Gasteiger partial charge in [0.05, 0.1) is 30.6 Å². The Balaban J connectivity index is 1.61. The topological polar surface area (TPSA) is 88.8 Å². The molecule has 0 unspecified atom stereocenters. The van der Waals surface area contributed by atoms with E-state index in [1.807, 2.05) is 13.0 Å². The first-order valence-corrected chi connectivity index (χ1v) is 7.81. The number of aryl methyl sites for hydroxylation is 2. The molecular weight excluding hydrogens is 294 g/mol. The van der Waals surface area contributed by atoms with E-state index in [1.54, 1.807) is 17.9 Å². The van der Waals surface area contributed by atoms with Gasteiger partial charge in [-0.15, -0.1) is 5.10 Å². The SMILES string of the molecule is Cc1cc(CNC(=O)Cc2cnnn2C)nc(N2CCCC2)n1. The van der Waals surface area contributed by atoms with Crippen LogP contribution in [0.5, 0.6) is 0 Å². The van der Waals surface area contributed by atoms with Crippen molar-refractivity contribution in [3.63, 3.8) is 0 Å². The van der Waals surface area contributed by atoms with E-state index in [0.717, 1.165) is 36.1 Å². The van der Waals surface area contributed by atoms with E-state index in [-0.39, 0.29) is 12.3 Å². The van der Waals surface area contributed by atoms with Crippen molar-refractivity contribution >= 4 is 11.9 Å². The minimum Gasteiger partial charge on any atom is -0.350 e. The van der Waals surface area contributed by atoms with Crippen LogP contribution in [0.4, 0.5) is 5.95 Å². The molecule has 3 heterocycles. The molecule has 122 valence electrons. The van der Waals surface area contributed by atoms with Gasteiger partial charge in [0.1, 0.15) is 0 Å². The van der Waals surface area contributed by atoms with Crippen LogP contribution < -0.4 is 10.2 Å². The number of carbonyl (C=O) groups excluding carboxylic acids is 1. The van der Waals surface area contributed by atoms with Crippen molar-refractivity contribution in [2.45, 2.75) is 32.7 Å². The molecule has 0 radical (unpaired) electrons. The molecule has 0 spiro atoms. The van der Waals surface area contributed by atoms with Crippen LogP contribution in [-0.2, 0) is 24.8 Å². The average Bonchev–Trinajstić information content (AvgIpc) is 3.17. The number of hydrogen-bond acceptors (Lipinski definition) is 6. The van der Waals surface area contributed by atoms with Gasteiger partial charge in [-0.3, -0.25) is 9.48 Å². The lowest BCUT2D eigenvalue weighted by Crippen LogP contribution is -2.27. The zero-order valence-corrected chi connectivity index (χ0v) is 13.5. The zero-order chi connectivity index (χ0) is 16.2. The smallest absolute Gasteiger partial charge is 0.226 e. The quantitative estimate of drug-likeness (QED) is 0.858. The highest BCUT2D eigenvalue weighted by Gasteiger charge is 2.16. The Labute approximate surface area is 134 Å². The van der Waals surface area contributed by atoms with Crippen molar-refractivity contribution < 1.29 is 4.79 Å². The Bertz CT molecular complexity index is 691. The molecule has 23 heavy (non-hydrogen) atoms. The summed E-state index contributed by atoms with van der Waals surface area (Å²) >= 11 is 0. The lowest BCUT2D eigenvalue weighted by molar-refractivity contribution is -0.120. The molecule has 1 aliphatic heterocycles. The van der Waals surface area contributed by atoms with Gasteiger partial charge < -0.3 is 10.2 Å². The average molecular weight is 315 g/mol. The number of nitrogens with one attached hydrogen (secondary N) is 1.